The van der Waals surface area contributed by atoms with E-state index in [1.165, 1.54) is 5.56 Å². The third-order valence-corrected chi connectivity index (χ3v) is 6.46. The zero-order chi connectivity index (χ0) is 23.1. The van der Waals surface area contributed by atoms with E-state index in [2.05, 4.69) is 38.4 Å². The Morgan fingerprint density at radius 1 is 1.21 bits per heavy atom. The molecular formula is C26H26N6O2. The first kappa shape index (κ1) is 20.7. The summed E-state index contributed by atoms with van der Waals surface area (Å²) in [5.41, 5.74) is 6.60. The van der Waals surface area contributed by atoms with Crippen LogP contribution in [0, 0.1) is 0 Å². The normalized spacial score (nSPS) is 17.2. The van der Waals surface area contributed by atoms with Crippen molar-refractivity contribution in [2.75, 3.05) is 30.4 Å². The molecule has 1 saturated heterocycles. The van der Waals surface area contributed by atoms with Crippen molar-refractivity contribution in [1.29, 1.82) is 0 Å². The Labute approximate surface area is 197 Å². The highest BCUT2D eigenvalue weighted by molar-refractivity contribution is 5.76. The van der Waals surface area contributed by atoms with Gasteiger partial charge in [-0.15, -0.1) is 0 Å². The molecule has 1 atom stereocenters. The van der Waals surface area contributed by atoms with Gasteiger partial charge in [0.2, 0.25) is 0 Å². The molecule has 34 heavy (non-hydrogen) atoms. The second-order valence-electron chi connectivity index (χ2n) is 8.76. The Morgan fingerprint density at radius 2 is 2.15 bits per heavy atom. The molecule has 0 radical (unpaired) electrons. The minimum absolute atomic E-state index is 0.304. The summed E-state index contributed by atoms with van der Waals surface area (Å²) < 4.78 is 7.67. The first-order valence-electron chi connectivity index (χ1n) is 11.6. The standard InChI is InChI=1S/C26H26N6O2/c1-34-24-13-19(7-8-23(24)31-10-3-5-20(33)15-31)29-25-26-27-9-11-32(26)16-22(30-25)18-12-17-4-2-6-21(17)28-14-18/h2,6-9,11-14,16,20,33H,3-5,10,15H2,1H3,(H,29,30)/t20-/m1/s1. The fourth-order valence-electron chi connectivity index (χ4n) is 4.75. The van der Waals surface area contributed by atoms with Crippen molar-refractivity contribution >= 4 is 28.9 Å². The number of β-amino-alcohol motifs (C(OH)–C–C–N with tert-alkyl or cyclic N) is 1. The number of benzene rings is 1. The van der Waals surface area contributed by atoms with E-state index in [0.717, 1.165) is 65.5 Å². The van der Waals surface area contributed by atoms with Gasteiger partial charge < -0.3 is 24.5 Å². The van der Waals surface area contributed by atoms with Gasteiger partial charge in [0.05, 0.1) is 30.3 Å². The zero-order valence-corrected chi connectivity index (χ0v) is 19.0. The number of fused-ring (bicyclic) bond motifs is 2. The number of piperidine rings is 1. The third-order valence-electron chi connectivity index (χ3n) is 6.46. The number of aromatic nitrogens is 4. The lowest BCUT2D eigenvalue weighted by molar-refractivity contribution is 0.154. The van der Waals surface area contributed by atoms with E-state index >= 15 is 0 Å². The van der Waals surface area contributed by atoms with Gasteiger partial charge in [0.1, 0.15) is 5.75 Å². The predicted molar refractivity (Wildman–Crippen MR) is 133 cm³/mol. The van der Waals surface area contributed by atoms with Crippen LogP contribution >= 0.6 is 0 Å². The molecule has 6 rings (SSSR count). The summed E-state index contributed by atoms with van der Waals surface area (Å²) in [6.07, 6.45) is 14.1. The molecular weight excluding hydrogens is 428 g/mol. The van der Waals surface area contributed by atoms with Gasteiger partial charge in [-0.25, -0.2) is 9.97 Å². The highest BCUT2D eigenvalue weighted by Gasteiger charge is 2.21. The van der Waals surface area contributed by atoms with Gasteiger partial charge in [-0.2, -0.15) is 0 Å². The van der Waals surface area contributed by atoms with Gasteiger partial charge >= 0.3 is 0 Å². The van der Waals surface area contributed by atoms with Crippen molar-refractivity contribution in [3.63, 3.8) is 0 Å². The summed E-state index contributed by atoms with van der Waals surface area (Å²) in [5.74, 6) is 1.41. The summed E-state index contributed by atoms with van der Waals surface area (Å²) in [6.45, 7) is 1.52. The van der Waals surface area contributed by atoms with Crippen LogP contribution in [0.15, 0.2) is 55.1 Å². The van der Waals surface area contributed by atoms with E-state index in [1.54, 1.807) is 13.3 Å². The number of pyridine rings is 1. The molecule has 172 valence electrons. The Balaban J connectivity index is 1.34. The zero-order valence-electron chi connectivity index (χ0n) is 19.0. The van der Waals surface area contributed by atoms with Crippen molar-refractivity contribution in [2.45, 2.75) is 25.4 Å². The molecule has 8 nitrogen and oxygen atoms in total. The highest BCUT2D eigenvalue weighted by atomic mass is 16.5. The lowest BCUT2D eigenvalue weighted by Crippen LogP contribution is -2.38. The smallest absolute Gasteiger partial charge is 0.180 e. The Kier molecular flexibility index (Phi) is 5.15. The molecule has 0 amide bonds. The van der Waals surface area contributed by atoms with Crippen LogP contribution in [-0.2, 0) is 6.42 Å². The van der Waals surface area contributed by atoms with Crippen LogP contribution in [0.25, 0.3) is 23.0 Å². The van der Waals surface area contributed by atoms with Gasteiger partial charge in [-0.3, -0.25) is 4.98 Å². The van der Waals surface area contributed by atoms with Crippen molar-refractivity contribution in [3.8, 4) is 17.0 Å². The number of allylic oxidation sites excluding steroid dienone is 1. The van der Waals surface area contributed by atoms with Gasteiger partial charge in [-0.1, -0.05) is 6.08 Å². The first-order chi connectivity index (χ1) is 16.7. The molecule has 3 aromatic heterocycles. The lowest BCUT2D eigenvalue weighted by atomic mass is 10.1. The minimum Gasteiger partial charge on any atom is -0.495 e. The van der Waals surface area contributed by atoms with E-state index < -0.39 is 0 Å². The number of hydrogen-bond donors (Lipinski definition) is 2. The van der Waals surface area contributed by atoms with Crippen molar-refractivity contribution in [2.24, 2.45) is 0 Å². The molecule has 4 heterocycles. The Bertz CT molecular complexity index is 1400. The van der Waals surface area contributed by atoms with Crippen molar-refractivity contribution in [1.82, 2.24) is 19.4 Å². The number of aliphatic hydroxyl groups is 1. The van der Waals surface area contributed by atoms with E-state index in [1.807, 2.05) is 41.2 Å². The summed E-state index contributed by atoms with van der Waals surface area (Å²) in [6, 6.07) is 8.16. The second-order valence-corrected chi connectivity index (χ2v) is 8.76. The number of methoxy groups -OCH3 is 1. The van der Waals surface area contributed by atoms with Crippen LogP contribution in [0.3, 0.4) is 0 Å². The topological polar surface area (TPSA) is 87.8 Å². The maximum Gasteiger partial charge on any atom is 0.180 e. The monoisotopic (exact) mass is 454 g/mol. The second kappa shape index (κ2) is 8.46. The molecule has 1 aliphatic carbocycles. The van der Waals surface area contributed by atoms with Gasteiger partial charge in [0, 0.05) is 55.2 Å². The molecule has 8 heteroatoms. The summed E-state index contributed by atoms with van der Waals surface area (Å²) in [7, 11) is 1.67. The average molecular weight is 455 g/mol. The summed E-state index contributed by atoms with van der Waals surface area (Å²) >= 11 is 0. The molecule has 4 aromatic rings. The minimum atomic E-state index is -0.304. The molecule has 0 spiro atoms. The van der Waals surface area contributed by atoms with Crippen LogP contribution in [0.1, 0.15) is 24.1 Å². The maximum absolute atomic E-state index is 10.1. The third kappa shape index (κ3) is 3.76. The first-order valence-corrected chi connectivity index (χ1v) is 11.6. The molecule has 0 saturated carbocycles. The quantitative estimate of drug-likeness (QED) is 0.470. The molecule has 2 N–H and O–H groups in total. The van der Waals surface area contributed by atoms with E-state index in [-0.39, 0.29) is 6.10 Å². The van der Waals surface area contributed by atoms with Crippen molar-refractivity contribution in [3.05, 3.63) is 66.4 Å². The van der Waals surface area contributed by atoms with Crippen LogP contribution in [-0.4, -0.2) is 50.8 Å². The number of aliphatic hydroxyl groups excluding tert-OH is 1. The van der Waals surface area contributed by atoms with E-state index in [9.17, 15) is 5.11 Å². The number of hydrogen-bond acceptors (Lipinski definition) is 7. The highest BCUT2D eigenvalue weighted by Crippen LogP contribution is 2.35. The van der Waals surface area contributed by atoms with E-state index in [0.29, 0.717) is 12.4 Å². The number of nitrogens with one attached hydrogen (secondary N) is 1. The van der Waals surface area contributed by atoms with Gasteiger partial charge in [-0.05, 0) is 49.1 Å². The largest absolute Gasteiger partial charge is 0.495 e. The molecule has 1 aromatic carbocycles. The number of imidazole rings is 1. The Hall–Kier alpha value is -3.91. The van der Waals surface area contributed by atoms with Gasteiger partial charge in [0.25, 0.3) is 0 Å². The molecule has 2 aliphatic rings. The van der Waals surface area contributed by atoms with Crippen LogP contribution in [0.5, 0.6) is 5.75 Å². The van der Waals surface area contributed by atoms with Gasteiger partial charge in [0.15, 0.2) is 11.5 Å². The molecule has 1 fully saturated rings. The predicted octanol–water partition coefficient (Wildman–Crippen LogP) is 4.07. The fraction of sp³-hybridized carbons (Fsp3) is 0.269. The molecule has 0 unspecified atom stereocenters. The number of nitrogens with zero attached hydrogens (tertiary/aromatic N) is 5. The maximum atomic E-state index is 10.1. The Morgan fingerprint density at radius 3 is 3.03 bits per heavy atom. The van der Waals surface area contributed by atoms with Crippen LogP contribution < -0.4 is 15.0 Å². The van der Waals surface area contributed by atoms with Crippen molar-refractivity contribution < 1.29 is 9.84 Å². The summed E-state index contributed by atoms with van der Waals surface area (Å²) in [5, 5.41) is 13.5. The number of rotatable bonds is 5. The van der Waals surface area contributed by atoms with Crippen LogP contribution in [0.4, 0.5) is 17.2 Å². The number of ether oxygens (including phenoxy) is 1. The fourth-order valence-corrected chi connectivity index (χ4v) is 4.75. The van der Waals surface area contributed by atoms with Crippen LogP contribution in [0.2, 0.25) is 0 Å². The lowest BCUT2D eigenvalue weighted by Gasteiger charge is -2.33. The summed E-state index contributed by atoms with van der Waals surface area (Å²) in [4.78, 5) is 16.2. The average Bonchev–Trinajstić information content (AvgIpc) is 3.53. The number of anilines is 3. The SMILES string of the molecule is COc1cc(Nc2nc(-c3cnc4c(c3)CC=C4)cn3ccnc23)ccc1N1CCC[C@@H](O)C1. The van der Waals surface area contributed by atoms with E-state index in [4.69, 9.17) is 9.72 Å². The molecule has 0 bridgehead atoms. The molecule has 1 aliphatic heterocycles.